The molecule has 0 saturated carbocycles. The number of hydrogen-bond donors (Lipinski definition) is 3. The Kier molecular flexibility index (Phi) is 12.4. The summed E-state index contributed by atoms with van der Waals surface area (Å²) in [4.78, 5) is 43.3. The molecular formula is C34H51N3O5. The van der Waals surface area contributed by atoms with Gasteiger partial charge in [-0.3, -0.25) is 9.59 Å². The molecular weight excluding hydrogens is 530 g/mol. The van der Waals surface area contributed by atoms with Gasteiger partial charge in [0.15, 0.2) is 0 Å². The number of carbonyl (C=O) groups excluding carboxylic acids is 3. The Hall–Kier alpha value is -3.55. The van der Waals surface area contributed by atoms with Gasteiger partial charge in [0.05, 0.1) is 0 Å². The molecule has 42 heavy (non-hydrogen) atoms. The fraction of sp³-hybridized carbons (Fsp3) is 0.559. The van der Waals surface area contributed by atoms with Gasteiger partial charge in [-0.25, -0.2) is 4.79 Å². The van der Waals surface area contributed by atoms with Crippen molar-refractivity contribution in [3.63, 3.8) is 0 Å². The van der Waals surface area contributed by atoms with Gasteiger partial charge >= 0.3 is 6.09 Å². The van der Waals surface area contributed by atoms with Crippen LogP contribution >= 0.6 is 0 Å². The summed E-state index contributed by atoms with van der Waals surface area (Å²) in [5.74, 6) is -0.327. The summed E-state index contributed by atoms with van der Waals surface area (Å²) in [6.45, 7) is 19.3. The van der Waals surface area contributed by atoms with Crippen LogP contribution in [-0.2, 0) is 14.3 Å². The number of anilines is 1. The summed E-state index contributed by atoms with van der Waals surface area (Å²) in [6.07, 6.45) is 1.16. The van der Waals surface area contributed by atoms with Crippen LogP contribution in [0.1, 0.15) is 97.4 Å². The molecule has 8 nitrogen and oxygen atoms in total. The van der Waals surface area contributed by atoms with Crippen molar-refractivity contribution in [2.75, 3.05) is 5.32 Å². The zero-order chi connectivity index (χ0) is 31.8. The molecule has 0 heterocycles. The molecule has 2 rings (SSSR count). The smallest absolute Gasteiger partial charge is 0.408 e. The first-order valence-corrected chi connectivity index (χ1v) is 15.0. The van der Waals surface area contributed by atoms with Crippen molar-refractivity contribution in [1.82, 2.24) is 10.2 Å². The first-order chi connectivity index (χ1) is 19.5. The minimum atomic E-state index is -1.07. The van der Waals surface area contributed by atoms with Gasteiger partial charge in [0.2, 0.25) is 5.91 Å². The molecule has 3 atom stereocenters. The lowest BCUT2D eigenvalue weighted by Crippen LogP contribution is -2.55. The van der Waals surface area contributed by atoms with Crippen LogP contribution in [0.25, 0.3) is 0 Å². The number of phenols is 1. The fourth-order valence-corrected chi connectivity index (χ4v) is 4.97. The number of nitrogens with zero attached hydrogens (tertiary/aromatic N) is 1. The molecule has 3 amide bonds. The van der Waals surface area contributed by atoms with Crippen LogP contribution in [0.2, 0.25) is 0 Å². The molecule has 2 aromatic rings. The first-order valence-electron chi connectivity index (χ1n) is 15.0. The minimum absolute atomic E-state index is 0.00906. The molecule has 0 aliphatic rings. The summed E-state index contributed by atoms with van der Waals surface area (Å²) < 4.78 is 5.50. The number of nitrogens with one attached hydrogen (secondary N) is 2. The van der Waals surface area contributed by atoms with E-state index in [0.29, 0.717) is 30.0 Å². The summed E-state index contributed by atoms with van der Waals surface area (Å²) in [5, 5.41) is 16.3. The Morgan fingerprint density at radius 1 is 0.905 bits per heavy atom. The third-order valence-corrected chi connectivity index (χ3v) is 7.03. The molecule has 3 N–H and O–H groups in total. The zero-order valence-electron chi connectivity index (χ0n) is 27.1. The number of phenolic OH excluding ortho intramolecular Hbond substituents is 1. The molecule has 2 aromatic carbocycles. The number of aryl methyl sites for hydroxylation is 2. The SMILES string of the molecule is Cc1cccc(C)c1NC(=O)C(c1cccc(O)c1)N(C(=O)C(CC(C)C)NC(=O)OC(C)(C)C)C(C)CCC(C)C. The molecule has 3 unspecified atom stereocenters. The van der Waals surface area contributed by atoms with E-state index in [-0.39, 0.29) is 23.6 Å². The lowest BCUT2D eigenvalue weighted by Gasteiger charge is -2.39. The summed E-state index contributed by atoms with van der Waals surface area (Å²) >= 11 is 0. The van der Waals surface area contributed by atoms with Crippen LogP contribution in [-0.4, -0.2) is 45.6 Å². The average Bonchev–Trinajstić information content (AvgIpc) is 2.85. The first kappa shape index (κ1) is 34.7. The highest BCUT2D eigenvalue weighted by atomic mass is 16.6. The molecule has 232 valence electrons. The summed E-state index contributed by atoms with van der Waals surface area (Å²) in [5.41, 5.74) is 2.21. The highest BCUT2D eigenvalue weighted by molar-refractivity contribution is 6.00. The monoisotopic (exact) mass is 581 g/mol. The van der Waals surface area contributed by atoms with Crippen molar-refractivity contribution in [2.24, 2.45) is 11.8 Å². The Labute approximate surface area is 252 Å². The Morgan fingerprint density at radius 2 is 1.50 bits per heavy atom. The average molecular weight is 582 g/mol. The molecule has 8 heteroatoms. The van der Waals surface area contributed by atoms with Crippen molar-refractivity contribution in [3.05, 3.63) is 59.2 Å². The van der Waals surface area contributed by atoms with Gasteiger partial charge in [0.25, 0.3) is 5.91 Å². The molecule has 0 aliphatic heterocycles. The normalized spacial score (nSPS) is 13.8. The zero-order valence-corrected chi connectivity index (χ0v) is 27.1. The number of alkyl carbamates (subject to hydrolysis) is 1. The van der Waals surface area contributed by atoms with Crippen LogP contribution < -0.4 is 10.6 Å². The highest BCUT2D eigenvalue weighted by Gasteiger charge is 2.39. The number of hydrogen-bond acceptors (Lipinski definition) is 5. The maximum absolute atomic E-state index is 14.6. The second kappa shape index (κ2) is 15.1. The molecule has 0 saturated heterocycles. The standard InChI is InChI=1S/C34H51N3O5/c1-21(2)17-18-25(7)37(32(40)28(19-22(3)4)35-33(41)42-34(8,9)10)30(26-15-12-16-27(38)20-26)31(39)36-29-23(5)13-11-14-24(29)6/h11-16,20-22,25,28,30,38H,17-19H2,1-10H3,(H,35,41)(H,36,39). The number of amides is 3. The van der Waals surface area contributed by atoms with Crippen LogP contribution in [0.5, 0.6) is 5.75 Å². The van der Waals surface area contributed by atoms with Gasteiger partial charge in [-0.15, -0.1) is 0 Å². The summed E-state index contributed by atoms with van der Waals surface area (Å²) in [6, 6.07) is 9.87. The number of aromatic hydroxyl groups is 1. The van der Waals surface area contributed by atoms with Crippen molar-refractivity contribution in [3.8, 4) is 5.75 Å². The van der Waals surface area contributed by atoms with E-state index in [1.165, 1.54) is 12.1 Å². The Morgan fingerprint density at radius 3 is 2.02 bits per heavy atom. The van der Waals surface area contributed by atoms with Crippen LogP contribution in [0, 0.1) is 25.7 Å². The highest BCUT2D eigenvalue weighted by Crippen LogP contribution is 2.32. The quantitative estimate of drug-likeness (QED) is 0.244. The van der Waals surface area contributed by atoms with Crippen molar-refractivity contribution >= 4 is 23.6 Å². The van der Waals surface area contributed by atoms with Gasteiger partial charge in [0, 0.05) is 11.7 Å². The maximum Gasteiger partial charge on any atom is 0.408 e. The lowest BCUT2D eigenvalue weighted by molar-refractivity contribution is -0.144. The van der Waals surface area contributed by atoms with Gasteiger partial charge in [-0.1, -0.05) is 58.0 Å². The van der Waals surface area contributed by atoms with E-state index >= 15 is 0 Å². The third kappa shape index (κ3) is 10.4. The van der Waals surface area contributed by atoms with E-state index < -0.39 is 29.7 Å². The lowest BCUT2D eigenvalue weighted by atomic mass is 9.95. The van der Waals surface area contributed by atoms with E-state index in [0.717, 1.165) is 17.5 Å². The second-order valence-corrected chi connectivity index (χ2v) is 13.1. The maximum atomic E-state index is 14.6. The minimum Gasteiger partial charge on any atom is -0.508 e. The number of benzene rings is 2. The Balaban J connectivity index is 2.67. The van der Waals surface area contributed by atoms with Gasteiger partial charge in [0.1, 0.15) is 23.4 Å². The molecule has 0 bridgehead atoms. The molecule has 0 aromatic heterocycles. The van der Waals surface area contributed by atoms with E-state index in [2.05, 4.69) is 24.5 Å². The molecule has 0 spiro atoms. The van der Waals surface area contributed by atoms with Crippen molar-refractivity contribution in [1.29, 1.82) is 0 Å². The van der Waals surface area contributed by atoms with E-state index in [1.807, 2.05) is 52.8 Å². The molecule has 0 aliphatic carbocycles. The predicted molar refractivity (Wildman–Crippen MR) is 168 cm³/mol. The topological polar surface area (TPSA) is 108 Å². The van der Waals surface area contributed by atoms with Crippen LogP contribution in [0.4, 0.5) is 10.5 Å². The van der Waals surface area contributed by atoms with E-state index in [9.17, 15) is 19.5 Å². The number of ether oxygens (including phenoxy) is 1. The summed E-state index contributed by atoms with van der Waals surface area (Å²) in [7, 11) is 0. The fourth-order valence-electron chi connectivity index (χ4n) is 4.97. The number of rotatable bonds is 12. The third-order valence-electron chi connectivity index (χ3n) is 7.03. The molecule has 0 radical (unpaired) electrons. The number of carbonyl (C=O) groups is 3. The largest absolute Gasteiger partial charge is 0.508 e. The second-order valence-electron chi connectivity index (χ2n) is 13.1. The Bertz CT molecular complexity index is 1200. The van der Waals surface area contributed by atoms with E-state index in [4.69, 9.17) is 4.74 Å². The predicted octanol–water partition coefficient (Wildman–Crippen LogP) is 7.28. The van der Waals surface area contributed by atoms with Gasteiger partial charge in [-0.2, -0.15) is 0 Å². The van der Waals surface area contributed by atoms with E-state index in [1.54, 1.807) is 37.8 Å². The van der Waals surface area contributed by atoms with Gasteiger partial charge < -0.3 is 25.4 Å². The van der Waals surface area contributed by atoms with Crippen LogP contribution in [0.15, 0.2) is 42.5 Å². The van der Waals surface area contributed by atoms with Gasteiger partial charge in [-0.05, 0) is 101 Å². The van der Waals surface area contributed by atoms with Crippen molar-refractivity contribution in [2.45, 2.75) is 112 Å². The van der Waals surface area contributed by atoms with Crippen molar-refractivity contribution < 1.29 is 24.2 Å². The molecule has 0 fully saturated rings. The van der Waals surface area contributed by atoms with Crippen LogP contribution in [0.3, 0.4) is 0 Å². The number of para-hydroxylation sites is 1.